The van der Waals surface area contributed by atoms with Crippen LogP contribution in [0, 0.1) is 0 Å². The van der Waals surface area contributed by atoms with Crippen LogP contribution in [0.4, 0.5) is 5.69 Å². The van der Waals surface area contributed by atoms with Crippen LogP contribution in [0.3, 0.4) is 0 Å². The van der Waals surface area contributed by atoms with E-state index in [-0.39, 0.29) is 18.3 Å². The highest BCUT2D eigenvalue weighted by atomic mass is 35.5. The Balaban J connectivity index is 0.00000200. The van der Waals surface area contributed by atoms with Gasteiger partial charge in [-0.25, -0.2) is 0 Å². The molecule has 2 rings (SSSR count). The van der Waals surface area contributed by atoms with Crippen molar-refractivity contribution in [2.24, 2.45) is 5.73 Å². The fourth-order valence-electron chi connectivity index (χ4n) is 2.57. The summed E-state index contributed by atoms with van der Waals surface area (Å²) in [5.41, 5.74) is 7.34. The Morgan fingerprint density at radius 3 is 2.70 bits per heavy atom. The number of anilines is 1. The van der Waals surface area contributed by atoms with Crippen LogP contribution >= 0.6 is 12.4 Å². The Morgan fingerprint density at radius 2 is 2.05 bits per heavy atom. The van der Waals surface area contributed by atoms with Crippen LogP contribution in [0.25, 0.3) is 0 Å². The van der Waals surface area contributed by atoms with Crippen LogP contribution in [0.1, 0.15) is 37.7 Å². The number of nitrogens with two attached hydrogens (primary N) is 1. The summed E-state index contributed by atoms with van der Waals surface area (Å²) in [6.45, 7) is 0.539. The number of methoxy groups -OCH3 is 1. The maximum atomic E-state index is 12.3. The van der Waals surface area contributed by atoms with E-state index in [1.807, 2.05) is 24.3 Å². The second kappa shape index (κ2) is 7.62. The Kier molecular flexibility index (Phi) is 6.46. The van der Waals surface area contributed by atoms with Gasteiger partial charge in [0.1, 0.15) is 0 Å². The summed E-state index contributed by atoms with van der Waals surface area (Å²) >= 11 is 0. The summed E-state index contributed by atoms with van der Waals surface area (Å²) in [6, 6.07) is 7.68. The average Bonchev–Trinajstić information content (AvgIpc) is 2.40. The molecule has 0 saturated heterocycles. The highest BCUT2D eigenvalue weighted by Gasteiger charge is 2.35. The number of carbonyl (C=O) groups is 1. The monoisotopic (exact) mass is 298 g/mol. The van der Waals surface area contributed by atoms with Crippen molar-refractivity contribution >= 4 is 24.0 Å². The Hall–Kier alpha value is -1.10. The van der Waals surface area contributed by atoms with Gasteiger partial charge >= 0.3 is 0 Å². The molecule has 0 radical (unpaired) electrons. The fraction of sp³-hybridized carbons (Fsp3) is 0.533. The maximum Gasteiger partial charge on any atom is 0.244 e. The standard InChI is InChI=1S/C15H22N2O2.ClH/c1-19-11-12-6-5-7-13(10-12)17-14(18)15(16)8-3-2-4-9-15;/h5-7,10H,2-4,8-9,11,16H2,1H3,(H,17,18);1H. The number of amides is 1. The highest BCUT2D eigenvalue weighted by molar-refractivity contribution is 5.98. The van der Waals surface area contributed by atoms with E-state index in [0.29, 0.717) is 6.61 Å². The van der Waals surface area contributed by atoms with E-state index >= 15 is 0 Å². The van der Waals surface area contributed by atoms with Gasteiger partial charge in [-0.3, -0.25) is 4.79 Å². The van der Waals surface area contributed by atoms with Crippen molar-refractivity contribution in [2.45, 2.75) is 44.2 Å². The number of carbonyl (C=O) groups excluding carboxylic acids is 1. The van der Waals surface area contributed by atoms with Crippen LogP contribution in [0.5, 0.6) is 0 Å². The van der Waals surface area contributed by atoms with Gasteiger partial charge in [-0.05, 0) is 30.5 Å². The van der Waals surface area contributed by atoms with Gasteiger partial charge in [0.15, 0.2) is 0 Å². The van der Waals surface area contributed by atoms with Crippen LogP contribution in [0.2, 0.25) is 0 Å². The molecule has 5 heteroatoms. The van der Waals surface area contributed by atoms with Crippen molar-refractivity contribution in [2.75, 3.05) is 12.4 Å². The van der Waals surface area contributed by atoms with Crippen LogP contribution in [0.15, 0.2) is 24.3 Å². The van der Waals surface area contributed by atoms with E-state index in [0.717, 1.165) is 36.9 Å². The maximum absolute atomic E-state index is 12.3. The molecule has 0 bridgehead atoms. The molecule has 0 heterocycles. The van der Waals surface area contributed by atoms with E-state index < -0.39 is 5.54 Å². The molecule has 112 valence electrons. The second-order valence-electron chi connectivity index (χ2n) is 5.30. The largest absolute Gasteiger partial charge is 0.380 e. The highest BCUT2D eigenvalue weighted by Crippen LogP contribution is 2.27. The molecule has 1 aliphatic carbocycles. The molecule has 1 saturated carbocycles. The predicted molar refractivity (Wildman–Crippen MR) is 83.0 cm³/mol. The number of hydrogen-bond acceptors (Lipinski definition) is 3. The van der Waals surface area contributed by atoms with Crippen molar-refractivity contribution in [3.8, 4) is 0 Å². The number of benzene rings is 1. The normalized spacial score (nSPS) is 17.1. The SMILES string of the molecule is COCc1cccc(NC(=O)C2(N)CCCCC2)c1.Cl. The quantitative estimate of drug-likeness (QED) is 0.898. The molecule has 0 unspecified atom stereocenters. The summed E-state index contributed by atoms with van der Waals surface area (Å²) < 4.78 is 5.09. The van der Waals surface area contributed by atoms with Crippen molar-refractivity contribution in [3.05, 3.63) is 29.8 Å². The molecule has 1 aliphatic rings. The van der Waals surface area contributed by atoms with E-state index in [4.69, 9.17) is 10.5 Å². The first-order chi connectivity index (χ1) is 9.14. The summed E-state index contributed by atoms with van der Waals surface area (Å²) in [5, 5.41) is 2.93. The summed E-state index contributed by atoms with van der Waals surface area (Å²) in [6.07, 6.45) is 4.80. The number of nitrogens with one attached hydrogen (secondary N) is 1. The molecule has 1 amide bonds. The molecule has 1 fully saturated rings. The molecule has 0 aromatic heterocycles. The van der Waals surface area contributed by atoms with Crippen LogP contribution in [-0.2, 0) is 16.1 Å². The molecule has 20 heavy (non-hydrogen) atoms. The van der Waals surface area contributed by atoms with E-state index in [1.54, 1.807) is 7.11 Å². The Bertz CT molecular complexity index is 445. The van der Waals surface area contributed by atoms with Gasteiger partial charge in [0.2, 0.25) is 5.91 Å². The number of ether oxygens (including phenoxy) is 1. The van der Waals surface area contributed by atoms with Crippen molar-refractivity contribution in [1.29, 1.82) is 0 Å². The van der Waals surface area contributed by atoms with Gasteiger partial charge in [-0.2, -0.15) is 0 Å². The van der Waals surface area contributed by atoms with Crippen LogP contribution < -0.4 is 11.1 Å². The Labute approximate surface area is 126 Å². The first-order valence-electron chi connectivity index (χ1n) is 6.82. The minimum atomic E-state index is -0.699. The third kappa shape index (κ3) is 4.20. The lowest BCUT2D eigenvalue weighted by atomic mass is 9.82. The lowest BCUT2D eigenvalue weighted by Crippen LogP contribution is -2.52. The molecule has 3 N–H and O–H groups in total. The lowest BCUT2D eigenvalue weighted by Gasteiger charge is -2.31. The smallest absolute Gasteiger partial charge is 0.244 e. The number of halogens is 1. The van der Waals surface area contributed by atoms with Crippen molar-refractivity contribution < 1.29 is 9.53 Å². The van der Waals surface area contributed by atoms with Crippen molar-refractivity contribution in [3.63, 3.8) is 0 Å². The third-order valence-electron chi connectivity index (χ3n) is 3.69. The summed E-state index contributed by atoms with van der Waals surface area (Å²) in [4.78, 5) is 12.3. The lowest BCUT2D eigenvalue weighted by molar-refractivity contribution is -0.122. The zero-order valence-corrected chi connectivity index (χ0v) is 12.7. The van der Waals surface area contributed by atoms with E-state index in [2.05, 4.69) is 5.32 Å². The average molecular weight is 299 g/mol. The molecule has 0 spiro atoms. The first kappa shape index (κ1) is 17.0. The molecule has 1 aromatic carbocycles. The van der Waals surface area contributed by atoms with Gasteiger partial charge in [0.05, 0.1) is 12.1 Å². The Morgan fingerprint density at radius 1 is 1.35 bits per heavy atom. The van der Waals surface area contributed by atoms with Gasteiger partial charge in [0, 0.05) is 12.8 Å². The van der Waals surface area contributed by atoms with Gasteiger partial charge in [-0.1, -0.05) is 31.4 Å². The molecular weight excluding hydrogens is 276 g/mol. The topological polar surface area (TPSA) is 64.3 Å². The van der Waals surface area contributed by atoms with Gasteiger partial charge in [0.25, 0.3) is 0 Å². The minimum absolute atomic E-state index is 0. The van der Waals surface area contributed by atoms with E-state index in [9.17, 15) is 4.79 Å². The molecule has 0 aliphatic heterocycles. The second-order valence-corrected chi connectivity index (χ2v) is 5.30. The first-order valence-corrected chi connectivity index (χ1v) is 6.82. The molecule has 1 aromatic rings. The summed E-state index contributed by atoms with van der Waals surface area (Å²) in [5.74, 6) is -0.0678. The molecule has 0 atom stereocenters. The zero-order valence-electron chi connectivity index (χ0n) is 11.9. The number of hydrogen-bond donors (Lipinski definition) is 2. The minimum Gasteiger partial charge on any atom is -0.380 e. The molecular formula is C15H23ClN2O2. The molecule has 4 nitrogen and oxygen atoms in total. The van der Waals surface area contributed by atoms with Crippen molar-refractivity contribution in [1.82, 2.24) is 0 Å². The van der Waals surface area contributed by atoms with E-state index in [1.165, 1.54) is 6.42 Å². The number of rotatable bonds is 4. The van der Waals surface area contributed by atoms with Crippen LogP contribution in [-0.4, -0.2) is 18.6 Å². The summed E-state index contributed by atoms with van der Waals surface area (Å²) in [7, 11) is 1.65. The van der Waals surface area contributed by atoms with Gasteiger partial charge < -0.3 is 15.8 Å². The fourth-order valence-corrected chi connectivity index (χ4v) is 2.57. The zero-order chi connectivity index (χ0) is 13.7. The predicted octanol–water partition coefficient (Wildman–Crippen LogP) is 2.85. The van der Waals surface area contributed by atoms with Gasteiger partial charge in [-0.15, -0.1) is 12.4 Å². The third-order valence-corrected chi connectivity index (χ3v) is 3.69.